The molecule has 0 aliphatic heterocycles. The summed E-state index contributed by atoms with van der Waals surface area (Å²) in [6.45, 7) is 2.35. The molecule has 31 heavy (non-hydrogen) atoms. The van der Waals surface area contributed by atoms with Crippen molar-refractivity contribution in [2.45, 2.75) is 12.8 Å². The molecule has 1 unspecified atom stereocenters. The Morgan fingerprint density at radius 1 is 0.516 bits per heavy atom. The first-order chi connectivity index (χ1) is 15.3. The average molecular weight is 396 g/mol. The summed E-state index contributed by atoms with van der Waals surface area (Å²) in [4.78, 5) is 0. The molecule has 0 bridgehead atoms. The van der Waals surface area contributed by atoms with Gasteiger partial charge in [0.1, 0.15) is 0 Å². The third kappa shape index (κ3) is 2.83. The van der Waals surface area contributed by atoms with Crippen LogP contribution in [0.4, 0.5) is 0 Å². The Morgan fingerprint density at radius 3 is 1.84 bits per heavy atom. The van der Waals surface area contributed by atoms with Gasteiger partial charge in [0.15, 0.2) is 0 Å². The molecule has 0 saturated heterocycles. The van der Waals surface area contributed by atoms with Gasteiger partial charge in [0, 0.05) is 12.3 Å². The van der Waals surface area contributed by atoms with Gasteiger partial charge >= 0.3 is 0 Å². The molecule has 2 aliphatic carbocycles. The van der Waals surface area contributed by atoms with Crippen LogP contribution in [0, 0.1) is 6.42 Å². The Kier molecular flexibility index (Phi) is 4.25. The molecule has 0 nitrogen and oxygen atoms in total. The predicted octanol–water partition coefficient (Wildman–Crippen LogP) is 7.89. The fourth-order valence-electron chi connectivity index (χ4n) is 5.24. The Labute approximate surface area is 184 Å². The fraction of sp³-hybridized carbons (Fsp3) is 0.0645. The third-order valence-electron chi connectivity index (χ3n) is 6.62. The zero-order valence-electron chi connectivity index (χ0n) is 17.5. The number of rotatable bonds is 3. The van der Waals surface area contributed by atoms with Crippen LogP contribution < -0.4 is 0 Å². The van der Waals surface area contributed by atoms with E-state index in [0.29, 0.717) is 5.92 Å². The van der Waals surface area contributed by atoms with E-state index in [0.717, 1.165) is 0 Å². The second kappa shape index (κ2) is 7.25. The Bertz CT molecular complexity index is 1340. The Hall–Kier alpha value is -3.64. The van der Waals surface area contributed by atoms with E-state index < -0.39 is 0 Å². The van der Waals surface area contributed by atoms with Crippen LogP contribution in [-0.2, 0) is 0 Å². The molecule has 0 aromatic heterocycles. The minimum Gasteiger partial charge on any atom is -0.0622 e. The number of fused-ring (bicyclic) bond motifs is 2. The zero-order valence-corrected chi connectivity index (χ0v) is 17.5. The second-order valence-corrected chi connectivity index (χ2v) is 8.35. The maximum atomic E-state index is 2.36. The number of allylic oxidation sites excluding steroid dienone is 4. The van der Waals surface area contributed by atoms with Crippen molar-refractivity contribution in [2.75, 3.05) is 0 Å². The van der Waals surface area contributed by atoms with Crippen molar-refractivity contribution in [3.05, 3.63) is 149 Å². The first-order valence-electron chi connectivity index (χ1n) is 11.0. The molecular weight excluding hydrogens is 372 g/mol. The quantitative estimate of drug-likeness (QED) is 0.331. The minimum atomic E-state index is 0.353. The van der Waals surface area contributed by atoms with E-state index in [4.69, 9.17) is 0 Å². The van der Waals surface area contributed by atoms with E-state index in [1.54, 1.807) is 0 Å². The molecule has 0 heteroatoms. The summed E-state index contributed by atoms with van der Waals surface area (Å²) >= 11 is 0. The SMILES string of the molecule is CC1C(c2ccccc2)=C(C2=C(c3ccccc3)[CH]c3ccccc32)c2ccccc21. The van der Waals surface area contributed by atoms with E-state index in [9.17, 15) is 0 Å². The van der Waals surface area contributed by atoms with Crippen LogP contribution in [0.3, 0.4) is 0 Å². The third-order valence-corrected chi connectivity index (χ3v) is 6.62. The summed E-state index contributed by atoms with van der Waals surface area (Å²) in [6, 6.07) is 39.5. The van der Waals surface area contributed by atoms with Crippen molar-refractivity contribution in [1.29, 1.82) is 0 Å². The van der Waals surface area contributed by atoms with Crippen molar-refractivity contribution in [3.63, 3.8) is 0 Å². The van der Waals surface area contributed by atoms with Gasteiger partial charge in [-0.05, 0) is 55.7 Å². The second-order valence-electron chi connectivity index (χ2n) is 8.35. The van der Waals surface area contributed by atoms with Gasteiger partial charge in [-0.25, -0.2) is 0 Å². The first-order valence-corrected chi connectivity index (χ1v) is 11.0. The van der Waals surface area contributed by atoms with Crippen LogP contribution in [-0.4, -0.2) is 0 Å². The lowest BCUT2D eigenvalue weighted by Crippen LogP contribution is -1.94. The summed E-state index contributed by atoms with van der Waals surface area (Å²) < 4.78 is 0. The van der Waals surface area contributed by atoms with Gasteiger partial charge in [-0.15, -0.1) is 0 Å². The smallest absolute Gasteiger partial charge is 0.0218 e. The Balaban J connectivity index is 1.72. The van der Waals surface area contributed by atoms with E-state index >= 15 is 0 Å². The van der Waals surface area contributed by atoms with Gasteiger partial charge < -0.3 is 0 Å². The van der Waals surface area contributed by atoms with Gasteiger partial charge in [-0.3, -0.25) is 0 Å². The fourth-order valence-corrected chi connectivity index (χ4v) is 5.24. The van der Waals surface area contributed by atoms with E-state index in [1.165, 1.54) is 55.7 Å². The molecule has 6 rings (SSSR count). The maximum Gasteiger partial charge on any atom is 0.0218 e. The minimum absolute atomic E-state index is 0.353. The molecule has 4 aromatic rings. The highest BCUT2D eigenvalue weighted by Gasteiger charge is 2.35. The lowest BCUT2D eigenvalue weighted by Gasteiger charge is -2.16. The summed E-state index contributed by atoms with van der Waals surface area (Å²) in [5.41, 5.74) is 13.5. The number of hydrogen-bond acceptors (Lipinski definition) is 0. The molecule has 1 atom stereocenters. The summed E-state index contributed by atoms with van der Waals surface area (Å²) in [6.07, 6.45) is 2.36. The van der Waals surface area contributed by atoms with E-state index in [-0.39, 0.29) is 0 Å². The first kappa shape index (κ1) is 18.2. The van der Waals surface area contributed by atoms with E-state index in [1.807, 2.05) is 0 Å². The largest absolute Gasteiger partial charge is 0.0622 e. The van der Waals surface area contributed by atoms with Crippen molar-refractivity contribution in [1.82, 2.24) is 0 Å². The molecule has 0 amide bonds. The molecule has 1 radical (unpaired) electrons. The molecule has 0 spiro atoms. The van der Waals surface area contributed by atoms with Crippen molar-refractivity contribution in [2.24, 2.45) is 0 Å². The highest BCUT2D eigenvalue weighted by atomic mass is 14.4. The van der Waals surface area contributed by atoms with Crippen LogP contribution in [0.5, 0.6) is 0 Å². The van der Waals surface area contributed by atoms with Gasteiger partial charge in [-0.1, -0.05) is 116 Å². The van der Waals surface area contributed by atoms with Gasteiger partial charge in [0.2, 0.25) is 0 Å². The molecule has 147 valence electrons. The highest BCUT2D eigenvalue weighted by Crippen LogP contribution is 2.56. The summed E-state index contributed by atoms with van der Waals surface area (Å²) in [5, 5.41) is 0. The van der Waals surface area contributed by atoms with Crippen LogP contribution in [0.1, 0.15) is 46.2 Å². The van der Waals surface area contributed by atoms with Gasteiger partial charge in [-0.2, -0.15) is 0 Å². The lowest BCUT2D eigenvalue weighted by molar-refractivity contribution is 1.01. The molecule has 0 fully saturated rings. The average Bonchev–Trinajstić information content (AvgIpc) is 3.35. The number of benzene rings is 4. The molecule has 0 N–H and O–H groups in total. The predicted molar refractivity (Wildman–Crippen MR) is 131 cm³/mol. The number of hydrogen-bond donors (Lipinski definition) is 0. The topological polar surface area (TPSA) is 0 Å². The molecule has 0 saturated carbocycles. The van der Waals surface area contributed by atoms with Crippen LogP contribution in [0.2, 0.25) is 0 Å². The molecule has 0 heterocycles. The van der Waals surface area contributed by atoms with Crippen LogP contribution in [0.15, 0.2) is 109 Å². The highest BCUT2D eigenvalue weighted by molar-refractivity contribution is 6.27. The van der Waals surface area contributed by atoms with Crippen molar-refractivity contribution in [3.8, 4) is 0 Å². The molecule has 2 aliphatic rings. The van der Waals surface area contributed by atoms with Crippen LogP contribution >= 0.6 is 0 Å². The Morgan fingerprint density at radius 2 is 1.10 bits per heavy atom. The van der Waals surface area contributed by atoms with Gasteiger partial charge in [0.25, 0.3) is 0 Å². The van der Waals surface area contributed by atoms with Gasteiger partial charge in [0.05, 0.1) is 0 Å². The maximum absolute atomic E-state index is 2.36. The molecular formula is C31H23. The standard InChI is InChI=1S/C31H23/c1-21-25-17-10-11-19-27(25)31(29(21)23-14-6-3-7-15-23)30-26-18-9-8-16-24(26)20-28(30)22-12-4-2-5-13-22/h2-21H,1H3. The lowest BCUT2D eigenvalue weighted by atomic mass is 9.87. The van der Waals surface area contributed by atoms with Crippen LogP contribution in [0.25, 0.3) is 22.3 Å². The zero-order chi connectivity index (χ0) is 20.8. The van der Waals surface area contributed by atoms with Crippen molar-refractivity contribution < 1.29 is 0 Å². The van der Waals surface area contributed by atoms with Crippen molar-refractivity contribution >= 4 is 22.3 Å². The molecule has 4 aromatic carbocycles. The monoisotopic (exact) mass is 395 g/mol. The summed E-state index contributed by atoms with van der Waals surface area (Å²) in [5.74, 6) is 0.353. The normalized spacial score (nSPS) is 17.1. The van der Waals surface area contributed by atoms with E-state index in [2.05, 4.69) is 123 Å². The summed E-state index contributed by atoms with van der Waals surface area (Å²) in [7, 11) is 0.